The van der Waals surface area contributed by atoms with E-state index in [4.69, 9.17) is 21.3 Å². The molecule has 6 heteroatoms. The number of hydrogen-bond acceptors (Lipinski definition) is 5. The van der Waals surface area contributed by atoms with E-state index >= 15 is 0 Å². The van der Waals surface area contributed by atoms with E-state index in [2.05, 4.69) is 17.2 Å². The van der Waals surface area contributed by atoms with E-state index in [1.807, 2.05) is 51.1 Å². The Balaban J connectivity index is 2.56. The third-order valence-corrected chi connectivity index (χ3v) is 4.34. The van der Waals surface area contributed by atoms with Crippen molar-refractivity contribution in [3.63, 3.8) is 0 Å². The van der Waals surface area contributed by atoms with Gasteiger partial charge >= 0.3 is 5.97 Å². The summed E-state index contributed by atoms with van der Waals surface area (Å²) in [4.78, 5) is 21.9. The van der Waals surface area contributed by atoms with Gasteiger partial charge in [0.25, 0.3) is 0 Å². The molecule has 144 valence electrons. The molecule has 0 radical (unpaired) electrons. The highest BCUT2D eigenvalue weighted by Gasteiger charge is 2.32. The molecule has 0 fully saturated rings. The molecular weight excluding hydrogens is 362 g/mol. The maximum atomic E-state index is 12.8. The van der Waals surface area contributed by atoms with Gasteiger partial charge in [0, 0.05) is 23.3 Å². The maximum Gasteiger partial charge on any atom is 0.338 e. The smallest absolute Gasteiger partial charge is 0.338 e. The van der Waals surface area contributed by atoms with Gasteiger partial charge in [0.05, 0.1) is 17.4 Å². The number of halogens is 1. The van der Waals surface area contributed by atoms with Crippen molar-refractivity contribution in [3.05, 3.63) is 58.3 Å². The number of hydrogen-bond donors (Lipinski definition) is 1. The molecule has 1 N–H and O–H groups in total. The average molecular weight is 388 g/mol. The van der Waals surface area contributed by atoms with E-state index in [0.717, 1.165) is 12.0 Å². The van der Waals surface area contributed by atoms with Crippen LogP contribution in [0.15, 0.2) is 57.7 Å². The molecule has 27 heavy (non-hydrogen) atoms. The number of carbonyl (C=O) groups is 1. The number of allylic oxidation sites excluding steroid dienone is 2. The number of carbonyl (C=O) groups excluding carboxylic acids is 1. The molecule has 1 heterocycles. The minimum atomic E-state index is -0.562. The molecule has 0 saturated heterocycles. The summed E-state index contributed by atoms with van der Waals surface area (Å²) in [5.74, 6) is 0.201. The standard InChI is InChI=1S/C21H26ClN3O2/c1-6-7-12-17(23-5)20-24-14(4)18(21(26)27-13(2)3)19(25-20)15-10-8-9-11-16(15)22/h7-13,19H,6H2,1-5H3,(H,24,25)/b12-7-,23-17?. The third-order valence-electron chi connectivity index (χ3n) is 4.00. The summed E-state index contributed by atoms with van der Waals surface area (Å²) in [5.41, 5.74) is 2.60. The first-order chi connectivity index (χ1) is 12.9. The van der Waals surface area contributed by atoms with Gasteiger partial charge in [0.15, 0.2) is 5.84 Å². The Bertz CT molecular complexity index is 822. The lowest BCUT2D eigenvalue weighted by molar-refractivity contribution is -0.143. The number of nitrogens with zero attached hydrogens (tertiary/aromatic N) is 2. The normalized spacial score (nSPS) is 18.0. The fourth-order valence-electron chi connectivity index (χ4n) is 2.76. The Morgan fingerprint density at radius 3 is 2.70 bits per heavy atom. The number of aliphatic imine (C=N–C) groups is 2. The summed E-state index contributed by atoms with van der Waals surface area (Å²) >= 11 is 6.42. The number of nitrogens with one attached hydrogen (secondary N) is 1. The monoisotopic (exact) mass is 387 g/mol. The first-order valence-corrected chi connectivity index (χ1v) is 9.41. The van der Waals surface area contributed by atoms with Crippen LogP contribution in [0.4, 0.5) is 0 Å². The minimum Gasteiger partial charge on any atom is -0.459 e. The molecule has 1 aromatic rings. The predicted molar refractivity (Wildman–Crippen MR) is 111 cm³/mol. The lowest BCUT2D eigenvalue weighted by Gasteiger charge is -2.27. The number of ether oxygens (including phenoxy) is 1. The highest BCUT2D eigenvalue weighted by Crippen LogP contribution is 2.35. The van der Waals surface area contributed by atoms with Gasteiger partial charge in [-0.05, 0) is 39.3 Å². The van der Waals surface area contributed by atoms with E-state index in [0.29, 0.717) is 27.8 Å². The van der Waals surface area contributed by atoms with Crippen molar-refractivity contribution in [3.8, 4) is 0 Å². The SMILES string of the molecule is CC/C=C\C(=NC)C1=NC(c2ccccc2Cl)C(C(=O)OC(C)C)=C(C)N1. The van der Waals surface area contributed by atoms with Gasteiger partial charge in [-0.25, -0.2) is 4.79 Å². The molecule has 0 bridgehead atoms. The Labute approximate surface area is 165 Å². The van der Waals surface area contributed by atoms with E-state index in [9.17, 15) is 4.79 Å². The fraction of sp³-hybridized carbons (Fsp3) is 0.381. The molecule has 1 atom stereocenters. The zero-order valence-electron chi connectivity index (χ0n) is 16.4. The zero-order chi connectivity index (χ0) is 20.0. The van der Waals surface area contributed by atoms with Crippen LogP contribution in [0, 0.1) is 0 Å². The van der Waals surface area contributed by atoms with Gasteiger partial charge < -0.3 is 10.1 Å². The van der Waals surface area contributed by atoms with Crippen molar-refractivity contribution >= 4 is 29.1 Å². The van der Waals surface area contributed by atoms with Gasteiger partial charge in [0.2, 0.25) is 0 Å². The molecule has 1 aliphatic rings. The van der Waals surface area contributed by atoms with Crippen LogP contribution in [-0.2, 0) is 9.53 Å². The zero-order valence-corrected chi connectivity index (χ0v) is 17.2. The second-order valence-corrected chi connectivity index (χ2v) is 6.85. The molecule has 5 nitrogen and oxygen atoms in total. The fourth-order valence-corrected chi connectivity index (χ4v) is 3.00. The van der Waals surface area contributed by atoms with Crippen LogP contribution in [0.5, 0.6) is 0 Å². The first kappa shape index (κ1) is 20.9. The van der Waals surface area contributed by atoms with E-state index in [-0.39, 0.29) is 6.10 Å². The number of rotatable bonds is 6. The summed E-state index contributed by atoms with van der Waals surface area (Å²) < 4.78 is 5.45. The number of amidine groups is 1. The Morgan fingerprint density at radius 1 is 1.41 bits per heavy atom. The van der Waals surface area contributed by atoms with Gasteiger partial charge in [-0.1, -0.05) is 42.8 Å². The summed E-state index contributed by atoms with van der Waals surface area (Å²) in [7, 11) is 1.71. The lowest BCUT2D eigenvalue weighted by atomic mass is 9.95. The molecule has 1 aromatic carbocycles. The second kappa shape index (κ2) is 9.51. The molecule has 0 aliphatic carbocycles. The van der Waals surface area contributed by atoms with E-state index < -0.39 is 12.0 Å². The summed E-state index contributed by atoms with van der Waals surface area (Å²) in [6, 6.07) is 6.84. The number of benzene rings is 1. The predicted octanol–water partition coefficient (Wildman–Crippen LogP) is 4.65. The molecular formula is C21H26ClN3O2. The number of esters is 1. The van der Waals surface area contributed by atoms with E-state index in [1.54, 1.807) is 13.1 Å². The van der Waals surface area contributed by atoms with Crippen molar-refractivity contribution < 1.29 is 9.53 Å². The van der Waals surface area contributed by atoms with Gasteiger partial charge in [-0.2, -0.15) is 0 Å². The first-order valence-electron chi connectivity index (χ1n) is 9.03. The van der Waals surface area contributed by atoms with Crippen LogP contribution in [0.3, 0.4) is 0 Å². The third kappa shape index (κ3) is 5.07. The maximum absolute atomic E-state index is 12.8. The van der Waals surface area contributed by atoms with Crippen molar-refractivity contribution in [2.24, 2.45) is 9.98 Å². The Morgan fingerprint density at radius 2 is 2.11 bits per heavy atom. The Kier molecular flexibility index (Phi) is 7.36. The van der Waals surface area contributed by atoms with Crippen molar-refractivity contribution in [2.45, 2.75) is 46.3 Å². The van der Waals surface area contributed by atoms with Gasteiger partial charge in [-0.15, -0.1) is 0 Å². The van der Waals surface area contributed by atoms with Crippen LogP contribution >= 0.6 is 11.6 Å². The molecule has 0 spiro atoms. The Hall–Kier alpha value is -2.40. The average Bonchev–Trinajstić information content (AvgIpc) is 2.61. The molecule has 1 aliphatic heterocycles. The summed E-state index contributed by atoms with van der Waals surface area (Å²) in [6.45, 7) is 7.53. The highest BCUT2D eigenvalue weighted by atomic mass is 35.5. The van der Waals surface area contributed by atoms with Crippen LogP contribution in [0.2, 0.25) is 5.02 Å². The van der Waals surface area contributed by atoms with Crippen LogP contribution in [0.25, 0.3) is 0 Å². The van der Waals surface area contributed by atoms with Gasteiger partial charge in [0.1, 0.15) is 6.04 Å². The van der Waals surface area contributed by atoms with Crippen molar-refractivity contribution in [1.29, 1.82) is 0 Å². The van der Waals surface area contributed by atoms with Gasteiger partial charge in [-0.3, -0.25) is 9.98 Å². The molecule has 0 saturated carbocycles. The largest absolute Gasteiger partial charge is 0.459 e. The second-order valence-electron chi connectivity index (χ2n) is 6.44. The molecule has 0 aromatic heterocycles. The van der Waals surface area contributed by atoms with Crippen LogP contribution < -0.4 is 5.32 Å². The van der Waals surface area contributed by atoms with Crippen molar-refractivity contribution in [1.82, 2.24) is 5.32 Å². The quantitative estimate of drug-likeness (QED) is 0.571. The molecule has 2 rings (SSSR count). The van der Waals surface area contributed by atoms with Crippen LogP contribution in [0.1, 0.15) is 45.7 Å². The summed E-state index contributed by atoms with van der Waals surface area (Å²) in [5, 5.41) is 3.75. The topological polar surface area (TPSA) is 63.0 Å². The van der Waals surface area contributed by atoms with Crippen LogP contribution in [-0.4, -0.2) is 30.7 Å². The van der Waals surface area contributed by atoms with E-state index in [1.165, 1.54) is 0 Å². The lowest BCUT2D eigenvalue weighted by Crippen LogP contribution is -2.36. The summed E-state index contributed by atoms with van der Waals surface area (Å²) in [6.07, 6.45) is 4.59. The molecule has 1 unspecified atom stereocenters. The van der Waals surface area contributed by atoms with Crippen molar-refractivity contribution in [2.75, 3.05) is 7.05 Å². The highest BCUT2D eigenvalue weighted by molar-refractivity contribution is 6.46. The minimum absolute atomic E-state index is 0.227. The molecule has 0 amide bonds.